The zero-order chi connectivity index (χ0) is 13.9. The number of carbonyl (C=O) groups excluding carboxylic acids is 1. The van der Waals surface area contributed by atoms with Gasteiger partial charge in [0.15, 0.2) is 5.13 Å². The summed E-state index contributed by atoms with van der Waals surface area (Å²) in [6.45, 7) is 0.151. The molecule has 7 heteroatoms. The fraction of sp³-hybridized carbons (Fsp3) is 0.583. The summed E-state index contributed by atoms with van der Waals surface area (Å²) >= 11 is 1.19. The van der Waals surface area contributed by atoms with Gasteiger partial charge in [-0.1, -0.05) is 19.3 Å². The predicted octanol–water partition coefficient (Wildman–Crippen LogP) is 1.49. The van der Waals surface area contributed by atoms with E-state index >= 15 is 0 Å². The van der Waals surface area contributed by atoms with Crippen molar-refractivity contribution in [3.05, 3.63) is 11.1 Å². The van der Waals surface area contributed by atoms with Gasteiger partial charge in [0.25, 0.3) is 5.91 Å². The average molecular weight is 283 g/mol. The number of nitrogens with one attached hydrogen (secondary N) is 1. The van der Waals surface area contributed by atoms with Crippen molar-refractivity contribution >= 4 is 28.3 Å². The number of nitrogens with two attached hydrogens (primary N) is 1. The molecule has 1 aromatic rings. The molecule has 1 saturated carbocycles. The molecule has 1 heterocycles. The van der Waals surface area contributed by atoms with Crippen LogP contribution in [-0.4, -0.2) is 28.5 Å². The smallest absolute Gasteiger partial charge is 0.311 e. The Morgan fingerprint density at radius 1 is 1.42 bits per heavy atom. The Hall–Kier alpha value is -1.63. The number of aromatic nitrogens is 1. The number of anilines is 1. The van der Waals surface area contributed by atoms with Gasteiger partial charge in [0.1, 0.15) is 5.69 Å². The lowest BCUT2D eigenvalue weighted by Crippen LogP contribution is -2.44. The van der Waals surface area contributed by atoms with E-state index in [0.29, 0.717) is 18.0 Å². The normalized spacial score (nSPS) is 17.9. The van der Waals surface area contributed by atoms with Gasteiger partial charge in [0.05, 0.1) is 5.41 Å². The Labute approximate surface area is 115 Å². The second-order valence-corrected chi connectivity index (χ2v) is 5.79. The van der Waals surface area contributed by atoms with Crippen LogP contribution in [-0.2, 0) is 4.79 Å². The fourth-order valence-corrected chi connectivity index (χ4v) is 2.97. The first-order chi connectivity index (χ1) is 9.03. The summed E-state index contributed by atoms with van der Waals surface area (Å²) in [5.74, 6) is -1.19. The molecule has 4 N–H and O–H groups in total. The highest BCUT2D eigenvalue weighted by Gasteiger charge is 2.39. The highest BCUT2D eigenvalue weighted by Crippen LogP contribution is 2.36. The van der Waals surface area contributed by atoms with Gasteiger partial charge >= 0.3 is 5.97 Å². The topological polar surface area (TPSA) is 105 Å². The Kier molecular flexibility index (Phi) is 4.04. The molecule has 1 amide bonds. The monoisotopic (exact) mass is 283 g/mol. The van der Waals surface area contributed by atoms with Crippen LogP contribution in [0.2, 0.25) is 0 Å². The summed E-state index contributed by atoms with van der Waals surface area (Å²) in [5.41, 5.74) is 4.89. The quantitative estimate of drug-likeness (QED) is 0.776. The van der Waals surface area contributed by atoms with Crippen molar-refractivity contribution < 1.29 is 14.7 Å². The van der Waals surface area contributed by atoms with Crippen molar-refractivity contribution in [1.82, 2.24) is 10.3 Å². The third kappa shape index (κ3) is 3.04. The molecule has 0 saturated heterocycles. The molecule has 0 bridgehead atoms. The van der Waals surface area contributed by atoms with E-state index in [2.05, 4.69) is 10.3 Å². The molecule has 1 aromatic heterocycles. The minimum absolute atomic E-state index is 0.151. The summed E-state index contributed by atoms with van der Waals surface area (Å²) in [6.07, 6.45) is 4.08. The van der Waals surface area contributed by atoms with Gasteiger partial charge < -0.3 is 16.2 Å². The van der Waals surface area contributed by atoms with Gasteiger partial charge in [0.2, 0.25) is 0 Å². The zero-order valence-corrected chi connectivity index (χ0v) is 11.3. The lowest BCUT2D eigenvalue weighted by Gasteiger charge is -2.33. The number of hydrogen-bond acceptors (Lipinski definition) is 5. The molecule has 0 aromatic carbocycles. The van der Waals surface area contributed by atoms with Crippen LogP contribution in [0.25, 0.3) is 0 Å². The lowest BCUT2D eigenvalue weighted by molar-refractivity contribution is -0.150. The predicted molar refractivity (Wildman–Crippen MR) is 72.0 cm³/mol. The van der Waals surface area contributed by atoms with Crippen molar-refractivity contribution in [2.45, 2.75) is 32.1 Å². The van der Waals surface area contributed by atoms with E-state index in [1.807, 2.05) is 0 Å². The van der Waals surface area contributed by atoms with E-state index in [9.17, 15) is 14.7 Å². The number of carboxylic acids is 1. The van der Waals surface area contributed by atoms with Crippen LogP contribution >= 0.6 is 11.3 Å². The number of rotatable bonds is 4. The van der Waals surface area contributed by atoms with E-state index in [-0.39, 0.29) is 18.1 Å². The Balaban J connectivity index is 1.99. The van der Waals surface area contributed by atoms with Gasteiger partial charge in [-0.2, -0.15) is 0 Å². The van der Waals surface area contributed by atoms with E-state index in [0.717, 1.165) is 19.3 Å². The molecular formula is C12H17N3O3S. The molecule has 0 aliphatic heterocycles. The molecule has 0 atom stereocenters. The van der Waals surface area contributed by atoms with Crippen molar-refractivity contribution in [2.75, 3.05) is 12.3 Å². The lowest BCUT2D eigenvalue weighted by atomic mass is 9.74. The highest BCUT2D eigenvalue weighted by atomic mass is 32.1. The molecule has 1 fully saturated rings. The molecule has 104 valence electrons. The highest BCUT2D eigenvalue weighted by molar-refractivity contribution is 7.13. The zero-order valence-electron chi connectivity index (χ0n) is 10.5. The number of carboxylic acid groups (broad SMARTS) is 1. The first-order valence-corrected chi connectivity index (χ1v) is 7.14. The molecule has 19 heavy (non-hydrogen) atoms. The van der Waals surface area contributed by atoms with Gasteiger partial charge in [-0.25, -0.2) is 4.98 Å². The van der Waals surface area contributed by atoms with Gasteiger partial charge in [-0.3, -0.25) is 9.59 Å². The largest absolute Gasteiger partial charge is 0.481 e. The molecular weight excluding hydrogens is 266 g/mol. The molecule has 0 unspecified atom stereocenters. The van der Waals surface area contributed by atoms with E-state index in [1.54, 1.807) is 5.38 Å². The Morgan fingerprint density at radius 2 is 2.11 bits per heavy atom. The average Bonchev–Trinajstić information content (AvgIpc) is 2.83. The molecule has 0 radical (unpaired) electrons. The van der Waals surface area contributed by atoms with Crippen LogP contribution < -0.4 is 11.1 Å². The Morgan fingerprint density at radius 3 is 2.63 bits per heavy atom. The van der Waals surface area contributed by atoms with Gasteiger partial charge in [-0.05, 0) is 12.8 Å². The molecule has 0 spiro atoms. The number of thiazole rings is 1. The SMILES string of the molecule is Nc1nc(C(=O)NCC2(C(=O)O)CCCCC2)cs1. The number of aliphatic carboxylic acids is 1. The number of nitrogens with zero attached hydrogens (tertiary/aromatic N) is 1. The number of amides is 1. The van der Waals surface area contributed by atoms with Crippen molar-refractivity contribution in [3.8, 4) is 0 Å². The first-order valence-electron chi connectivity index (χ1n) is 6.26. The fourth-order valence-electron chi connectivity index (χ4n) is 2.43. The molecule has 2 rings (SSSR count). The molecule has 1 aliphatic rings. The minimum Gasteiger partial charge on any atom is -0.481 e. The second-order valence-electron chi connectivity index (χ2n) is 4.90. The van der Waals surface area contributed by atoms with Crippen LogP contribution in [0.15, 0.2) is 5.38 Å². The van der Waals surface area contributed by atoms with Crippen LogP contribution in [0.1, 0.15) is 42.6 Å². The first kappa shape index (κ1) is 13.8. The third-order valence-electron chi connectivity index (χ3n) is 3.61. The van der Waals surface area contributed by atoms with E-state index in [4.69, 9.17) is 5.73 Å². The third-order valence-corrected chi connectivity index (χ3v) is 4.28. The van der Waals surface area contributed by atoms with E-state index in [1.165, 1.54) is 11.3 Å². The van der Waals surface area contributed by atoms with E-state index < -0.39 is 11.4 Å². The Bertz CT molecular complexity index is 480. The summed E-state index contributed by atoms with van der Waals surface area (Å²) in [4.78, 5) is 27.2. The van der Waals surface area contributed by atoms with Crippen LogP contribution in [0.5, 0.6) is 0 Å². The summed E-state index contributed by atoms with van der Waals surface area (Å²) in [5, 5.41) is 14.0. The van der Waals surface area contributed by atoms with Crippen LogP contribution in [0.3, 0.4) is 0 Å². The summed E-state index contributed by atoms with van der Waals surface area (Å²) in [7, 11) is 0. The number of nitrogen functional groups attached to an aromatic ring is 1. The van der Waals surface area contributed by atoms with Crippen molar-refractivity contribution in [3.63, 3.8) is 0 Å². The van der Waals surface area contributed by atoms with Crippen LogP contribution in [0.4, 0.5) is 5.13 Å². The molecule has 1 aliphatic carbocycles. The number of hydrogen-bond donors (Lipinski definition) is 3. The summed E-state index contributed by atoms with van der Waals surface area (Å²) < 4.78 is 0. The standard InChI is InChI=1S/C12H17N3O3S/c13-11-15-8(6-19-11)9(16)14-7-12(10(17)18)4-2-1-3-5-12/h6H,1-5,7H2,(H2,13,15)(H,14,16)(H,17,18). The maximum atomic E-state index is 11.9. The summed E-state index contributed by atoms with van der Waals surface area (Å²) in [6, 6.07) is 0. The number of carbonyl (C=O) groups is 2. The molecule has 6 nitrogen and oxygen atoms in total. The van der Waals surface area contributed by atoms with Gasteiger partial charge in [0, 0.05) is 11.9 Å². The maximum absolute atomic E-state index is 11.9. The maximum Gasteiger partial charge on any atom is 0.311 e. The minimum atomic E-state index is -0.828. The second kappa shape index (κ2) is 5.56. The van der Waals surface area contributed by atoms with Gasteiger partial charge in [-0.15, -0.1) is 11.3 Å². The van der Waals surface area contributed by atoms with Crippen molar-refractivity contribution in [2.24, 2.45) is 5.41 Å². The van der Waals surface area contributed by atoms with Crippen molar-refractivity contribution in [1.29, 1.82) is 0 Å². The van der Waals surface area contributed by atoms with Crippen LogP contribution in [0, 0.1) is 5.41 Å².